The summed E-state index contributed by atoms with van der Waals surface area (Å²) in [6.07, 6.45) is 12.7. The lowest BCUT2D eigenvalue weighted by Crippen LogP contribution is -2.61. The minimum absolute atomic E-state index is 0.243. The van der Waals surface area contributed by atoms with E-state index in [2.05, 4.69) is 56.1 Å². The number of rotatable bonds is 0. The quantitative estimate of drug-likeness (QED) is 0.699. The van der Waals surface area contributed by atoms with E-state index in [0.717, 1.165) is 23.7 Å². The van der Waals surface area contributed by atoms with Crippen LogP contribution in [0.15, 0.2) is 35.1 Å². The molecule has 1 N–H and O–H groups in total. The van der Waals surface area contributed by atoms with Crippen molar-refractivity contribution in [2.45, 2.75) is 65.0 Å². The molecule has 3 aliphatic heterocycles. The molecule has 7 atom stereocenters. The minimum atomic E-state index is 0.243. The fourth-order valence-corrected chi connectivity index (χ4v) is 6.80. The van der Waals surface area contributed by atoms with Gasteiger partial charge < -0.3 is 5.32 Å². The Balaban J connectivity index is 1.50. The van der Waals surface area contributed by atoms with Crippen LogP contribution < -0.4 is 5.32 Å². The Morgan fingerprint density at radius 3 is 2.92 bits per heavy atom. The lowest BCUT2D eigenvalue weighted by Gasteiger charge is -2.57. The first-order valence-corrected chi connectivity index (χ1v) is 10.6. The fraction of sp³-hybridized carbons (Fsp3) is 0.739. The Labute approximate surface area is 153 Å². The number of hydrogen-bond donors (Lipinski definition) is 1. The maximum atomic E-state index is 3.98. The molecule has 0 radical (unpaired) electrons. The van der Waals surface area contributed by atoms with Gasteiger partial charge in [-0.2, -0.15) is 0 Å². The monoisotopic (exact) mass is 338 g/mol. The lowest BCUT2D eigenvalue weighted by atomic mass is 9.60. The van der Waals surface area contributed by atoms with Gasteiger partial charge in [-0.15, -0.1) is 0 Å². The van der Waals surface area contributed by atoms with Crippen molar-refractivity contribution in [3.05, 3.63) is 35.1 Å². The second-order valence-corrected chi connectivity index (χ2v) is 9.88. The Morgan fingerprint density at radius 2 is 2.08 bits per heavy atom. The maximum absolute atomic E-state index is 3.98. The molecular weight excluding hydrogens is 304 g/mol. The van der Waals surface area contributed by atoms with Crippen LogP contribution in [-0.4, -0.2) is 29.6 Å². The van der Waals surface area contributed by atoms with Gasteiger partial charge in [-0.3, -0.25) is 4.90 Å². The molecule has 1 saturated carbocycles. The first-order chi connectivity index (χ1) is 12.0. The van der Waals surface area contributed by atoms with Gasteiger partial charge in [0.2, 0.25) is 0 Å². The van der Waals surface area contributed by atoms with Gasteiger partial charge in [0.25, 0.3) is 0 Å². The van der Waals surface area contributed by atoms with Crippen LogP contribution in [0.5, 0.6) is 0 Å². The summed E-state index contributed by atoms with van der Waals surface area (Å²) < 4.78 is 0. The van der Waals surface area contributed by atoms with Gasteiger partial charge in [0.1, 0.15) is 0 Å². The molecule has 0 bridgehead atoms. The van der Waals surface area contributed by atoms with Crippen molar-refractivity contribution in [3.63, 3.8) is 0 Å². The highest BCUT2D eigenvalue weighted by atomic mass is 15.3. The third kappa shape index (κ3) is 2.25. The molecule has 25 heavy (non-hydrogen) atoms. The second kappa shape index (κ2) is 5.49. The molecule has 136 valence electrons. The van der Waals surface area contributed by atoms with Crippen LogP contribution in [0.3, 0.4) is 0 Å². The molecule has 5 aliphatic rings. The summed E-state index contributed by atoms with van der Waals surface area (Å²) in [4.78, 5) is 2.85. The van der Waals surface area contributed by atoms with Crippen molar-refractivity contribution in [2.24, 2.45) is 29.6 Å². The third-order valence-electron chi connectivity index (χ3n) is 8.58. The number of nitrogens with zero attached hydrogens (tertiary/aromatic N) is 1. The predicted octanol–water partition coefficient (Wildman–Crippen LogP) is 4.51. The van der Waals surface area contributed by atoms with Crippen molar-refractivity contribution < 1.29 is 0 Å². The highest BCUT2D eigenvalue weighted by molar-refractivity contribution is 5.44. The molecule has 3 heterocycles. The predicted molar refractivity (Wildman–Crippen MR) is 104 cm³/mol. The van der Waals surface area contributed by atoms with Gasteiger partial charge >= 0.3 is 0 Å². The zero-order valence-electron chi connectivity index (χ0n) is 16.4. The molecule has 5 rings (SSSR count). The number of hydrogen-bond acceptors (Lipinski definition) is 2. The molecule has 7 unspecified atom stereocenters. The standard InChI is InChI=1S/C23H34N2/c1-14-5-8-21-19(11-14)18-9-10-25-13-17-7-6-15(2)16(3)20(17)12-23(25,4)22(18)24-21/h5,8,11,15-17,19-21,24H,6-7,9-10,12-13H2,1-4H3. The molecular formula is C23H34N2. The van der Waals surface area contributed by atoms with Crippen LogP contribution in [0, 0.1) is 29.6 Å². The molecule has 0 aromatic carbocycles. The highest BCUT2D eigenvalue weighted by Gasteiger charge is 2.53. The highest BCUT2D eigenvalue weighted by Crippen LogP contribution is 2.53. The number of fused-ring (bicyclic) bond motifs is 5. The van der Waals surface area contributed by atoms with E-state index in [9.17, 15) is 0 Å². The fourth-order valence-electron chi connectivity index (χ4n) is 6.80. The Bertz CT molecular complexity index is 672. The van der Waals surface area contributed by atoms with Crippen molar-refractivity contribution >= 4 is 0 Å². The first kappa shape index (κ1) is 16.2. The maximum Gasteiger partial charge on any atom is 0.0582 e. The van der Waals surface area contributed by atoms with Crippen molar-refractivity contribution in [1.82, 2.24) is 10.2 Å². The van der Waals surface area contributed by atoms with Crippen molar-refractivity contribution in [2.75, 3.05) is 13.1 Å². The summed E-state index contributed by atoms with van der Waals surface area (Å²) in [7, 11) is 0. The smallest absolute Gasteiger partial charge is 0.0582 e. The van der Waals surface area contributed by atoms with Crippen molar-refractivity contribution in [3.8, 4) is 0 Å². The van der Waals surface area contributed by atoms with Crippen LogP contribution in [0.2, 0.25) is 0 Å². The Morgan fingerprint density at radius 1 is 1.24 bits per heavy atom. The van der Waals surface area contributed by atoms with Gasteiger partial charge in [-0.05, 0) is 62.4 Å². The third-order valence-corrected chi connectivity index (χ3v) is 8.58. The zero-order valence-corrected chi connectivity index (χ0v) is 16.4. The average molecular weight is 339 g/mol. The van der Waals surface area contributed by atoms with E-state index < -0.39 is 0 Å². The van der Waals surface area contributed by atoms with Crippen LogP contribution in [0.1, 0.15) is 53.4 Å². The van der Waals surface area contributed by atoms with E-state index in [-0.39, 0.29) is 5.54 Å². The van der Waals surface area contributed by atoms with Gasteiger partial charge in [-0.1, -0.05) is 44.1 Å². The van der Waals surface area contributed by atoms with Crippen LogP contribution >= 0.6 is 0 Å². The molecule has 1 saturated heterocycles. The molecule has 2 nitrogen and oxygen atoms in total. The molecule has 0 spiro atoms. The second-order valence-electron chi connectivity index (χ2n) is 9.88. The van der Waals surface area contributed by atoms with Crippen LogP contribution in [-0.2, 0) is 0 Å². The van der Waals surface area contributed by atoms with E-state index in [4.69, 9.17) is 0 Å². The summed E-state index contributed by atoms with van der Waals surface area (Å²) in [5, 5.41) is 3.98. The van der Waals surface area contributed by atoms with Crippen molar-refractivity contribution in [1.29, 1.82) is 0 Å². The Kier molecular flexibility index (Phi) is 3.55. The molecule has 0 aromatic heterocycles. The van der Waals surface area contributed by atoms with E-state index in [0.29, 0.717) is 12.0 Å². The number of allylic oxidation sites excluding steroid dienone is 2. The van der Waals surface area contributed by atoms with Gasteiger partial charge in [0, 0.05) is 24.7 Å². The van der Waals surface area contributed by atoms with Gasteiger partial charge in [0.15, 0.2) is 0 Å². The normalized spacial score (nSPS) is 48.9. The summed E-state index contributed by atoms with van der Waals surface area (Å²) in [6, 6.07) is 0.505. The lowest BCUT2D eigenvalue weighted by molar-refractivity contribution is -0.0411. The minimum Gasteiger partial charge on any atom is -0.380 e. The summed E-state index contributed by atoms with van der Waals surface area (Å²) in [6.45, 7) is 12.4. The van der Waals surface area contributed by atoms with E-state index in [1.165, 1.54) is 44.3 Å². The molecule has 0 amide bonds. The SMILES string of the molecule is CC1=CC2C3=C(NC2C=C1)C1(C)CC2C(CCC(C)C2C)CN1CC3. The summed E-state index contributed by atoms with van der Waals surface area (Å²) >= 11 is 0. The molecule has 2 fully saturated rings. The largest absolute Gasteiger partial charge is 0.380 e. The van der Waals surface area contributed by atoms with E-state index >= 15 is 0 Å². The zero-order chi connectivity index (χ0) is 17.3. The summed E-state index contributed by atoms with van der Waals surface area (Å²) in [5.74, 6) is 4.25. The first-order valence-electron chi connectivity index (χ1n) is 10.6. The molecule has 2 aliphatic carbocycles. The molecule has 2 heteroatoms. The summed E-state index contributed by atoms with van der Waals surface area (Å²) in [5.41, 5.74) is 5.01. The van der Waals surface area contributed by atoms with Crippen LogP contribution in [0.25, 0.3) is 0 Å². The van der Waals surface area contributed by atoms with E-state index in [1.54, 1.807) is 11.3 Å². The van der Waals surface area contributed by atoms with Gasteiger partial charge in [-0.25, -0.2) is 0 Å². The van der Waals surface area contributed by atoms with Gasteiger partial charge in [0.05, 0.1) is 11.6 Å². The number of piperidine rings is 1. The average Bonchev–Trinajstić information content (AvgIpc) is 2.96. The Hall–Kier alpha value is -1.02. The van der Waals surface area contributed by atoms with Crippen LogP contribution in [0.4, 0.5) is 0 Å². The number of nitrogens with one attached hydrogen (secondary N) is 1. The topological polar surface area (TPSA) is 15.3 Å². The van der Waals surface area contributed by atoms with E-state index in [1.807, 2.05) is 0 Å². The molecule has 0 aromatic rings.